The van der Waals surface area contributed by atoms with E-state index in [1.54, 1.807) is 0 Å². The molecule has 0 unspecified atom stereocenters. The number of anilines is 1. The smallest absolute Gasteiger partial charge is 0.0992 e. The Morgan fingerprint density at radius 2 is 2.11 bits per heavy atom. The molecule has 1 heterocycles. The molecule has 1 aromatic carbocycles. The van der Waals surface area contributed by atoms with E-state index in [1.165, 1.54) is 0 Å². The average molecular weight is 310 g/mol. The number of halogens is 1. The Morgan fingerprint density at radius 3 is 2.61 bits per heavy atom. The van der Waals surface area contributed by atoms with Crippen molar-refractivity contribution in [2.75, 3.05) is 24.5 Å². The molecule has 18 heavy (non-hydrogen) atoms. The number of benzene rings is 1. The van der Waals surface area contributed by atoms with E-state index >= 15 is 0 Å². The summed E-state index contributed by atoms with van der Waals surface area (Å²) < 4.78 is 0.916. The molecular weight excluding hydrogens is 294 g/mol. The Bertz CT molecular complexity index is 476. The molecule has 2 rings (SSSR count). The fourth-order valence-electron chi connectivity index (χ4n) is 2.20. The second-order valence-corrected chi connectivity index (χ2v) is 5.55. The van der Waals surface area contributed by atoms with E-state index in [-0.39, 0.29) is 0 Å². The normalized spacial score (nSPS) is 18.4. The van der Waals surface area contributed by atoms with E-state index in [9.17, 15) is 5.11 Å². The summed E-state index contributed by atoms with van der Waals surface area (Å²) in [5.74, 6) is 0. The summed E-state index contributed by atoms with van der Waals surface area (Å²) in [6.07, 6.45) is 1.35. The third-order valence-electron chi connectivity index (χ3n) is 3.49. The molecule has 1 fully saturated rings. The van der Waals surface area contributed by atoms with Gasteiger partial charge in [0.2, 0.25) is 0 Å². The predicted molar refractivity (Wildman–Crippen MR) is 74.3 cm³/mol. The number of rotatable bonds is 2. The first-order chi connectivity index (χ1) is 8.58. The van der Waals surface area contributed by atoms with Crippen molar-refractivity contribution in [3.05, 3.63) is 28.2 Å². The third-order valence-corrected chi connectivity index (χ3v) is 4.13. The molecule has 0 saturated carbocycles. The predicted octanol–water partition coefficient (Wildman–Crippen LogP) is 1.61. The molecule has 3 N–H and O–H groups in total. The second-order valence-electron chi connectivity index (χ2n) is 4.69. The van der Waals surface area contributed by atoms with Gasteiger partial charge in [-0.3, -0.25) is 0 Å². The maximum atomic E-state index is 10.1. The first-order valence-corrected chi connectivity index (χ1v) is 6.74. The van der Waals surface area contributed by atoms with E-state index in [0.29, 0.717) is 24.9 Å². The largest absolute Gasteiger partial charge is 0.388 e. The molecule has 0 aromatic heterocycles. The Kier molecular flexibility index (Phi) is 3.91. The lowest BCUT2D eigenvalue weighted by Gasteiger charge is -2.39. The fourth-order valence-corrected chi connectivity index (χ4v) is 2.83. The van der Waals surface area contributed by atoms with Gasteiger partial charge in [-0.2, -0.15) is 5.26 Å². The summed E-state index contributed by atoms with van der Waals surface area (Å²) in [4.78, 5) is 2.20. The quantitative estimate of drug-likeness (QED) is 0.870. The minimum atomic E-state index is -0.713. The van der Waals surface area contributed by atoms with Gasteiger partial charge in [-0.25, -0.2) is 0 Å². The zero-order chi connectivity index (χ0) is 13.2. The van der Waals surface area contributed by atoms with Gasteiger partial charge in [0.25, 0.3) is 0 Å². The van der Waals surface area contributed by atoms with E-state index in [2.05, 4.69) is 26.9 Å². The average Bonchev–Trinajstić information content (AvgIpc) is 2.40. The molecule has 0 spiro atoms. The van der Waals surface area contributed by atoms with Gasteiger partial charge < -0.3 is 15.7 Å². The van der Waals surface area contributed by atoms with E-state index in [0.717, 1.165) is 23.2 Å². The monoisotopic (exact) mass is 309 g/mol. The number of nitrogens with zero attached hydrogens (tertiary/aromatic N) is 2. The van der Waals surface area contributed by atoms with Crippen LogP contribution in [0.25, 0.3) is 0 Å². The lowest BCUT2D eigenvalue weighted by Crippen LogP contribution is -2.48. The molecule has 0 radical (unpaired) electrons. The molecule has 5 heteroatoms. The second kappa shape index (κ2) is 5.27. The zero-order valence-corrected chi connectivity index (χ0v) is 11.7. The highest BCUT2D eigenvalue weighted by Crippen LogP contribution is 2.31. The summed E-state index contributed by atoms with van der Waals surface area (Å²) in [7, 11) is 0. The standard InChI is InChI=1S/C13H16BrN3O/c14-11-7-10(8-15)1-2-12(11)17-5-3-13(18,9-16)4-6-17/h1-2,7,18H,3-6,9,16H2. The highest BCUT2D eigenvalue weighted by atomic mass is 79.9. The van der Waals surface area contributed by atoms with Gasteiger partial charge in [-0.1, -0.05) is 0 Å². The molecule has 0 bridgehead atoms. The van der Waals surface area contributed by atoms with Crippen LogP contribution in [0, 0.1) is 11.3 Å². The van der Waals surface area contributed by atoms with Gasteiger partial charge in [0.1, 0.15) is 0 Å². The Morgan fingerprint density at radius 1 is 1.44 bits per heavy atom. The highest BCUT2D eigenvalue weighted by molar-refractivity contribution is 9.10. The number of nitriles is 1. The van der Waals surface area contributed by atoms with Gasteiger partial charge in [0, 0.05) is 24.1 Å². The van der Waals surface area contributed by atoms with Crippen LogP contribution in [0.2, 0.25) is 0 Å². The zero-order valence-electron chi connectivity index (χ0n) is 10.1. The van der Waals surface area contributed by atoms with Crippen LogP contribution in [-0.4, -0.2) is 30.3 Å². The molecule has 1 aliphatic heterocycles. The molecule has 1 aliphatic rings. The Labute approximate surface area is 115 Å². The SMILES string of the molecule is N#Cc1ccc(N2CCC(O)(CN)CC2)c(Br)c1. The van der Waals surface area contributed by atoms with Crippen LogP contribution in [-0.2, 0) is 0 Å². The number of aliphatic hydroxyl groups is 1. The van der Waals surface area contributed by atoms with Crippen LogP contribution in [0.3, 0.4) is 0 Å². The maximum Gasteiger partial charge on any atom is 0.0992 e. The van der Waals surface area contributed by atoms with E-state index in [4.69, 9.17) is 11.0 Å². The topological polar surface area (TPSA) is 73.3 Å². The van der Waals surface area contributed by atoms with Gasteiger partial charge in [-0.15, -0.1) is 0 Å². The summed E-state index contributed by atoms with van der Waals surface area (Å²) in [6, 6.07) is 7.68. The van der Waals surface area contributed by atoms with Crippen molar-refractivity contribution in [1.82, 2.24) is 0 Å². The minimum absolute atomic E-state index is 0.315. The molecular formula is C13H16BrN3O. The van der Waals surface area contributed by atoms with Crippen molar-refractivity contribution in [2.45, 2.75) is 18.4 Å². The molecule has 0 aliphatic carbocycles. The third kappa shape index (κ3) is 2.66. The van der Waals surface area contributed by atoms with Gasteiger partial charge in [-0.05, 0) is 47.0 Å². The number of piperidine rings is 1. The lowest BCUT2D eigenvalue weighted by atomic mass is 9.91. The lowest BCUT2D eigenvalue weighted by molar-refractivity contribution is 0.0250. The van der Waals surface area contributed by atoms with Crippen molar-refractivity contribution >= 4 is 21.6 Å². The number of hydrogen-bond donors (Lipinski definition) is 2. The van der Waals surface area contributed by atoms with Crippen LogP contribution in [0.5, 0.6) is 0 Å². The van der Waals surface area contributed by atoms with Crippen molar-refractivity contribution in [3.63, 3.8) is 0 Å². The van der Waals surface area contributed by atoms with Crippen molar-refractivity contribution in [3.8, 4) is 6.07 Å². The van der Waals surface area contributed by atoms with E-state index in [1.807, 2.05) is 18.2 Å². The molecule has 0 atom stereocenters. The van der Waals surface area contributed by atoms with Crippen LogP contribution >= 0.6 is 15.9 Å². The summed E-state index contributed by atoms with van der Waals surface area (Å²) in [6.45, 7) is 1.87. The van der Waals surface area contributed by atoms with Crippen molar-refractivity contribution < 1.29 is 5.11 Å². The fraction of sp³-hybridized carbons (Fsp3) is 0.462. The van der Waals surface area contributed by atoms with Gasteiger partial charge in [0.05, 0.1) is 22.9 Å². The van der Waals surface area contributed by atoms with Crippen LogP contribution in [0.4, 0.5) is 5.69 Å². The van der Waals surface area contributed by atoms with Crippen LogP contribution < -0.4 is 10.6 Å². The Hall–Kier alpha value is -1.09. The highest BCUT2D eigenvalue weighted by Gasteiger charge is 2.31. The van der Waals surface area contributed by atoms with Crippen LogP contribution in [0.15, 0.2) is 22.7 Å². The first-order valence-electron chi connectivity index (χ1n) is 5.95. The van der Waals surface area contributed by atoms with Crippen molar-refractivity contribution in [2.24, 2.45) is 5.73 Å². The molecule has 96 valence electrons. The molecule has 4 nitrogen and oxygen atoms in total. The van der Waals surface area contributed by atoms with Crippen molar-refractivity contribution in [1.29, 1.82) is 5.26 Å². The minimum Gasteiger partial charge on any atom is -0.388 e. The number of hydrogen-bond acceptors (Lipinski definition) is 4. The Balaban J connectivity index is 2.13. The summed E-state index contributed by atoms with van der Waals surface area (Å²) >= 11 is 3.49. The van der Waals surface area contributed by atoms with Crippen LogP contribution in [0.1, 0.15) is 18.4 Å². The first kappa shape index (κ1) is 13.3. The summed E-state index contributed by atoms with van der Waals surface area (Å²) in [5.41, 5.74) is 6.57. The summed E-state index contributed by atoms with van der Waals surface area (Å²) in [5, 5.41) is 18.9. The van der Waals surface area contributed by atoms with Gasteiger partial charge in [0.15, 0.2) is 0 Å². The van der Waals surface area contributed by atoms with E-state index < -0.39 is 5.60 Å². The molecule has 1 aromatic rings. The molecule has 1 saturated heterocycles. The maximum absolute atomic E-state index is 10.1. The van der Waals surface area contributed by atoms with Gasteiger partial charge >= 0.3 is 0 Å². The molecule has 0 amide bonds. The number of nitrogens with two attached hydrogens (primary N) is 1.